The molecule has 0 amide bonds. The molecule has 1 heterocycles. The van der Waals surface area contributed by atoms with Gasteiger partial charge in [0.05, 0.1) is 18.2 Å². The van der Waals surface area contributed by atoms with Gasteiger partial charge in [0.2, 0.25) is 0 Å². The van der Waals surface area contributed by atoms with Crippen molar-refractivity contribution in [1.29, 1.82) is 0 Å². The average Bonchev–Trinajstić information content (AvgIpc) is 2.40. The fraction of sp³-hybridized carbons (Fsp3) is 0.600. The van der Waals surface area contributed by atoms with E-state index in [-0.39, 0.29) is 24.6 Å². The van der Waals surface area contributed by atoms with E-state index in [1.165, 1.54) is 0 Å². The maximum absolute atomic E-state index is 10.2. The van der Waals surface area contributed by atoms with Gasteiger partial charge in [-0.15, -0.1) is 12.4 Å². The topological polar surface area (TPSA) is 41.9 Å². The second kappa shape index (κ2) is 8.57. The number of benzene rings is 1. The van der Waals surface area contributed by atoms with Gasteiger partial charge < -0.3 is 14.6 Å². The van der Waals surface area contributed by atoms with Crippen molar-refractivity contribution in [3.05, 3.63) is 28.2 Å². The molecule has 1 N–H and O–H groups in total. The Balaban J connectivity index is 0.00000242. The predicted octanol–water partition coefficient (Wildman–Crippen LogP) is 3.27. The van der Waals surface area contributed by atoms with Crippen LogP contribution < -0.4 is 4.74 Å². The van der Waals surface area contributed by atoms with E-state index in [4.69, 9.17) is 32.7 Å². The fourth-order valence-electron chi connectivity index (χ4n) is 2.31. The Labute approximate surface area is 147 Å². The molecule has 0 aromatic heterocycles. The highest BCUT2D eigenvalue weighted by atomic mass is 35.5. The van der Waals surface area contributed by atoms with Crippen molar-refractivity contribution in [3.63, 3.8) is 0 Å². The van der Waals surface area contributed by atoms with E-state index in [0.717, 1.165) is 6.54 Å². The zero-order chi connectivity index (χ0) is 15.5. The van der Waals surface area contributed by atoms with Gasteiger partial charge >= 0.3 is 0 Å². The summed E-state index contributed by atoms with van der Waals surface area (Å²) in [6.07, 6.45) is -0.589. The normalized spacial score (nSPS) is 19.3. The number of ether oxygens (including phenoxy) is 2. The van der Waals surface area contributed by atoms with E-state index in [1.54, 1.807) is 18.2 Å². The first-order chi connectivity index (χ1) is 9.88. The average molecular weight is 371 g/mol. The molecule has 1 aromatic carbocycles. The lowest BCUT2D eigenvalue weighted by molar-refractivity contribution is -0.0703. The molecule has 1 aromatic rings. The molecule has 1 fully saturated rings. The summed E-state index contributed by atoms with van der Waals surface area (Å²) in [4.78, 5) is 2.22. The van der Waals surface area contributed by atoms with Crippen LogP contribution in [-0.2, 0) is 4.74 Å². The first kappa shape index (κ1) is 19.8. The van der Waals surface area contributed by atoms with Crippen LogP contribution in [0.5, 0.6) is 5.75 Å². The molecule has 126 valence electrons. The molecule has 4 nitrogen and oxygen atoms in total. The number of hydrogen-bond acceptors (Lipinski definition) is 4. The van der Waals surface area contributed by atoms with Crippen molar-refractivity contribution in [2.45, 2.75) is 25.5 Å². The molecule has 0 bridgehead atoms. The monoisotopic (exact) mass is 369 g/mol. The maximum atomic E-state index is 10.2. The number of aliphatic hydroxyl groups excluding tert-OH is 1. The van der Waals surface area contributed by atoms with E-state index in [0.29, 0.717) is 35.6 Å². The molecular formula is C15H22Cl3NO3. The smallest absolute Gasteiger partial charge is 0.138 e. The number of halogens is 3. The van der Waals surface area contributed by atoms with Crippen molar-refractivity contribution in [1.82, 2.24) is 4.90 Å². The van der Waals surface area contributed by atoms with Crippen molar-refractivity contribution >= 4 is 35.6 Å². The van der Waals surface area contributed by atoms with Gasteiger partial charge in [0, 0.05) is 23.7 Å². The third kappa shape index (κ3) is 5.44. The van der Waals surface area contributed by atoms with Crippen LogP contribution in [-0.4, -0.2) is 54.6 Å². The van der Waals surface area contributed by atoms with Crippen molar-refractivity contribution in [2.24, 2.45) is 0 Å². The highest BCUT2D eigenvalue weighted by Crippen LogP contribution is 2.27. The molecule has 0 spiro atoms. The molecule has 22 heavy (non-hydrogen) atoms. The Hall–Kier alpha value is -0.230. The number of morpholine rings is 1. The van der Waals surface area contributed by atoms with Crippen LogP contribution in [0.4, 0.5) is 0 Å². The summed E-state index contributed by atoms with van der Waals surface area (Å²) < 4.78 is 11.0. The van der Waals surface area contributed by atoms with Crippen molar-refractivity contribution in [3.8, 4) is 5.75 Å². The molecule has 0 saturated carbocycles. The lowest BCUT2D eigenvalue weighted by Gasteiger charge is -2.42. The molecule has 0 aliphatic carbocycles. The molecular weight excluding hydrogens is 349 g/mol. The predicted molar refractivity (Wildman–Crippen MR) is 91.7 cm³/mol. The lowest BCUT2D eigenvalue weighted by atomic mass is 10.0. The Morgan fingerprint density at radius 1 is 1.41 bits per heavy atom. The van der Waals surface area contributed by atoms with Crippen LogP contribution in [0.2, 0.25) is 10.0 Å². The zero-order valence-corrected chi connectivity index (χ0v) is 15.0. The van der Waals surface area contributed by atoms with Gasteiger partial charge in [-0.3, -0.25) is 4.90 Å². The van der Waals surface area contributed by atoms with Crippen LogP contribution in [0, 0.1) is 0 Å². The van der Waals surface area contributed by atoms with E-state index in [1.807, 2.05) is 0 Å². The summed E-state index contributed by atoms with van der Waals surface area (Å²) in [5.74, 6) is 0.529. The van der Waals surface area contributed by atoms with Crippen LogP contribution >= 0.6 is 35.6 Å². The SMILES string of the molecule is CC1(C)COCCN1CC(O)COc1ccc(Cl)cc1Cl.Cl. The summed E-state index contributed by atoms with van der Waals surface area (Å²) in [6, 6.07) is 5.03. The summed E-state index contributed by atoms with van der Waals surface area (Å²) >= 11 is 11.9. The minimum atomic E-state index is -0.589. The molecule has 1 saturated heterocycles. The fourth-order valence-corrected chi connectivity index (χ4v) is 2.78. The Kier molecular flexibility index (Phi) is 7.72. The number of β-amino-alcohol motifs (C(OH)–C–C–N with tert-alkyl or cyclic N) is 1. The molecule has 0 radical (unpaired) electrons. The highest BCUT2D eigenvalue weighted by molar-refractivity contribution is 6.35. The third-order valence-electron chi connectivity index (χ3n) is 3.57. The van der Waals surface area contributed by atoms with Gasteiger partial charge in [-0.05, 0) is 32.0 Å². The second-order valence-electron chi connectivity index (χ2n) is 5.85. The van der Waals surface area contributed by atoms with Gasteiger partial charge in [-0.1, -0.05) is 23.2 Å². The maximum Gasteiger partial charge on any atom is 0.138 e. The largest absolute Gasteiger partial charge is 0.489 e. The minimum absolute atomic E-state index is 0. The zero-order valence-electron chi connectivity index (χ0n) is 12.7. The summed E-state index contributed by atoms with van der Waals surface area (Å²) in [7, 11) is 0. The highest BCUT2D eigenvalue weighted by Gasteiger charge is 2.31. The van der Waals surface area contributed by atoms with Crippen LogP contribution in [0.15, 0.2) is 18.2 Å². The Morgan fingerprint density at radius 2 is 2.14 bits per heavy atom. The van der Waals surface area contributed by atoms with E-state index < -0.39 is 6.10 Å². The van der Waals surface area contributed by atoms with Crippen molar-refractivity contribution < 1.29 is 14.6 Å². The van der Waals surface area contributed by atoms with Gasteiger partial charge in [-0.2, -0.15) is 0 Å². The molecule has 2 rings (SSSR count). The molecule has 1 aliphatic heterocycles. The summed E-state index contributed by atoms with van der Waals surface area (Å²) in [5.41, 5.74) is -0.0723. The van der Waals surface area contributed by atoms with Crippen LogP contribution in [0.25, 0.3) is 0 Å². The standard InChI is InChI=1S/C15H21Cl2NO3.ClH/c1-15(2)10-20-6-5-18(15)8-12(19)9-21-14-4-3-11(16)7-13(14)17;/h3-4,7,12,19H,5-6,8-10H2,1-2H3;1H. The minimum Gasteiger partial charge on any atom is -0.489 e. The summed E-state index contributed by atoms with van der Waals surface area (Å²) in [5, 5.41) is 11.2. The molecule has 1 unspecified atom stereocenters. The third-order valence-corrected chi connectivity index (χ3v) is 4.10. The Morgan fingerprint density at radius 3 is 2.77 bits per heavy atom. The van der Waals surface area contributed by atoms with Gasteiger partial charge in [0.15, 0.2) is 0 Å². The number of aliphatic hydroxyl groups is 1. The number of rotatable bonds is 5. The van der Waals surface area contributed by atoms with Gasteiger partial charge in [0.1, 0.15) is 18.5 Å². The molecule has 1 aliphatic rings. The Bertz CT molecular complexity index is 485. The number of nitrogens with zero attached hydrogens (tertiary/aromatic N) is 1. The number of hydrogen-bond donors (Lipinski definition) is 1. The molecule has 1 atom stereocenters. The van der Waals surface area contributed by atoms with E-state index in [2.05, 4.69) is 18.7 Å². The van der Waals surface area contributed by atoms with Crippen LogP contribution in [0.1, 0.15) is 13.8 Å². The first-order valence-electron chi connectivity index (χ1n) is 6.97. The second-order valence-corrected chi connectivity index (χ2v) is 6.69. The quantitative estimate of drug-likeness (QED) is 0.864. The lowest BCUT2D eigenvalue weighted by Crippen LogP contribution is -2.55. The molecule has 7 heteroatoms. The summed E-state index contributed by atoms with van der Waals surface area (Å²) in [6.45, 7) is 7.12. The van der Waals surface area contributed by atoms with Gasteiger partial charge in [-0.25, -0.2) is 0 Å². The van der Waals surface area contributed by atoms with Crippen molar-refractivity contribution in [2.75, 3.05) is 32.9 Å². The van der Waals surface area contributed by atoms with Gasteiger partial charge in [0.25, 0.3) is 0 Å². The van der Waals surface area contributed by atoms with E-state index >= 15 is 0 Å². The first-order valence-corrected chi connectivity index (χ1v) is 7.73. The van der Waals surface area contributed by atoms with Crippen LogP contribution in [0.3, 0.4) is 0 Å². The van der Waals surface area contributed by atoms with E-state index in [9.17, 15) is 5.11 Å².